The number of carbonyl (C=O) groups excluding carboxylic acids is 1. The van der Waals surface area contributed by atoms with Crippen LogP contribution in [0.5, 0.6) is 0 Å². The topological polar surface area (TPSA) is 98.3 Å². The summed E-state index contributed by atoms with van der Waals surface area (Å²) < 4.78 is 0. The number of carbonyl (C=O) groups is 1. The van der Waals surface area contributed by atoms with E-state index in [0.29, 0.717) is 13.1 Å². The van der Waals surface area contributed by atoms with Crippen LogP contribution in [-0.2, 0) is 11.3 Å². The van der Waals surface area contributed by atoms with Gasteiger partial charge in [-0.25, -0.2) is 0 Å². The normalized spacial score (nSPS) is 21.8. The Balaban J connectivity index is 1.89. The van der Waals surface area contributed by atoms with E-state index in [4.69, 9.17) is 5.73 Å². The molecule has 6 heteroatoms. The summed E-state index contributed by atoms with van der Waals surface area (Å²) in [5.74, 6) is 0.320. The number of hydrogen-bond acceptors (Lipinski definition) is 4. The quantitative estimate of drug-likeness (QED) is 0.640. The van der Waals surface area contributed by atoms with E-state index >= 15 is 0 Å². The van der Waals surface area contributed by atoms with Crippen molar-refractivity contribution >= 4 is 11.6 Å². The number of rotatable bonds is 5. The highest BCUT2D eigenvalue weighted by Gasteiger charge is 2.29. The fraction of sp³-hybridized carbons (Fsp3) is 0.533. The lowest BCUT2D eigenvalue weighted by Gasteiger charge is -2.29. The molecular weight excluding hydrogens is 270 g/mol. The van der Waals surface area contributed by atoms with Gasteiger partial charge in [-0.15, -0.1) is 0 Å². The summed E-state index contributed by atoms with van der Waals surface area (Å²) >= 11 is 0. The van der Waals surface area contributed by atoms with Gasteiger partial charge in [-0.3, -0.25) is 14.9 Å². The first kappa shape index (κ1) is 15.4. The first-order valence-electron chi connectivity index (χ1n) is 7.33. The maximum atomic E-state index is 12.2. The predicted octanol–water partition coefficient (Wildman–Crippen LogP) is 1.98. The summed E-state index contributed by atoms with van der Waals surface area (Å²) in [6.45, 7) is 0.945. The zero-order valence-corrected chi connectivity index (χ0v) is 12.0. The number of nitro benzene ring substituents is 1. The highest BCUT2D eigenvalue weighted by atomic mass is 16.6. The molecule has 2 rings (SSSR count). The van der Waals surface area contributed by atoms with Crippen LogP contribution in [0, 0.1) is 22.0 Å². The van der Waals surface area contributed by atoms with Crippen molar-refractivity contribution in [3.63, 3.8) is 0 Å². The van der Waals surface area contributed by atoms with Crippen molar-refractivity contribution in [2.24, 2.45) is 17.6 Å². The molecule has 6 nitrogen and oxygen atoms in total. The Morgan fingerprint density at radius 1 is 1.29 bits per heavy atom. The smallest absolute Gasteiger partial charge is 0.269 e. The Bertz CT molecular complexity index is 501. The maximum absolute atomic E-state index is 12.2. The van der Waals surface area contributed by atoms with E-state index in [9.17, 15) is 14.9 Å². The van der Waals surface area contributed by atoms with Crippen LogP contribution in [0.3, 0.4) is 0 Å². The van der Waals surface area contributed by atoms with E-state index in [-0.39, 0.29) is 23.4 Å². The second kappa shape index (κ2) is 7.17. The molecular formula is C15H21N3O3. The lowest BCUT2D eigenvalue weighted by atomic mass is 9.79. The van der Waals surface area contributed by atoms with Crippen molar-refractivity contribution in [1.29, 1.82) is 0 Å². The fourth-order valence-electron chi connectivity index (χ4n) is 2.89. The average Bonchev–Trinajstić information content (AvgIpc) is 2.52. The third-order valence-corrected chi connectivity index (χ3v) is 4.16. The van der Waals surface area contributed by atoms with Crippen LogP contribution in [-0.4, -0.2) is 17.4 Å². The first-order chi connectivity index (χ1) is 10.1. The standard InChI is InChI=1S/C15H21N3O3/c16-9-12-3-1-2-4-14(12)15(19)17-10-11-5-7-13(8-6-11)18(20)21/h5-8,12,14H,1-4,9-10,16H2,(H,17,19). The van der Waals surface area contributed by atoms with E-state index in [0.717, 1.165) is 31.2 Å². The number of nitrogens with zero attached hydrogens (tertiary/aromatic N) is 1. The molecule has 1 aromatic carbocycles. The lowest BCUT2D eigenvalue weighted by molar-refractivity contribution is -0.384. The first-order valence-corrected chi connectivity index (χ1v) is 7.33. The highest BCUT2D eigenvalue weighted by molar-refractivity contribution is 5.79. The van der Waals surface area contributed by atoms with Crippen LogP contribution in [0.15, 0.2) is 24.3 Å². The van der Waals surface area contributed by atoms with E-state index < -0.39 is 4.92 Å². The van der Waals surface area contributed by atoms with Gasteiger partial charge in [0.25, 0.3) is 5.69 Å². The summed E-state index contributed by atoms with van der Waals surface area (Å²) in [5.41, 5.74) is 6.65. The van der Waals surface area contributed by atoms with Gasteiger partial charge in [-0.2, -0.15) is 0 Å². The van der Waals surface area contributed by atoms with E-state index in [1.807, 2.05) is 0 Å². The van der Waals surface area contributed by atoms with Gasteiger partial charge in [0.15, 0.2) is 0 Å². The Morgan fingerprint density at radius 2 is 1.95 bits per heavy atom. The number of nitrogens with two attached hydrogens (primary N) is 1. The molecule has 3 N–H and O–H groups in total. The van der Waals surface area contributed by atoms with Gasteiger partial charge in [-0.05, 0) is 30.9 Å². The van der Waals surface area contributed by atoms with Crippen LogP contribution in [0.25, 0.3) is 0 Å². The number of nitrogens with one attached hydrogen (secondary N) is 1. The summed E-state index contributed by atoms with van der Waals surface area (Å²) in [4.78, 5) is 22.4. The molecule has 0 aromatic heterocycles. The fourth-order valence-corrected chi connectivity index (χ4v) is 2.89. The largest absolute Gasteiger partial charge is 0.352 e. The molecule has 1 amide bonds. The number of nitro groups is 1. The zero-order chi connectivity index (χ0) is 15.2. The minimum Gasteiger partial charge on any atom is -0.352 e. The van der Waals surface area contributed by atoms with Gasteiger partial charge in [0, 0.05) is 24.6 Å². The Morgan fingerprint density at radius 3 is 2.57 bits per heavy atom. The second-order valence-corrected chi connectivity index (χ2v) is 5.53. The van der Waals surface area contributed by atoms with Crippen molar-refractivity contribution in [1.82, 2.24) is 5.32 Å². The summed E-state index contributed by atoms with van der Waals surface area (Å²) in [7, 11) is 0. The number of benzene rings is 1. The minimum absolute atomic E-state index is 0.00167. The molecule has 1 saturated carbocycles. The van der Waals surface area contributed by atoms with Crippen molar-refractivity contribution in [3.8, 4) is 0 Å². The number of amides is 1. The van der Waals surface area contributed by atoms with Crippen LogP contribution >= 0.6 is 0 Å². The molecule has 114 valence electrons. The number of hydrogen-bond donors (Lipinski definition) is 2. The molecule has 0 spiro atoms. The van der Waals surface area contributed by atoms with Gasteiger partial charge in [0.2, 0.25) is 5.91 Å². The van der Waals surface area contributed by atoms with Crippen molar-refractivity contribution in [2.75, 3.05) is 6.54 Å². The summed E-state index contributed by atoms with van der Waals surface area (Å²) in [6.07, 6.45) is 4.14. The molecule has 21 heavy (non-hydrogen) atoms. The van der Waals surface area contributed by atoms with Crippen LogP contribution < -0.4 is 11.1 Å². The monoisotopic (exact) mass is 291 g/mol. The van der Waals surface area contributed by atoms with Gasteiger partial charge >= 0.3 is 0 Å². The molecule has 2 atom stereocenters. The van der Waals surface area contributed by atoms with E-state index in [1.54, 1.807) is 12.1 Å². The van der Waals surface area contributed by atoms with Gasteiger partial charge in [0.1, 0.15) is 0 Å². The molecule has 0 aliphatic heterocycles. The maximum Gasteiger partial charge on any atom is 0.269 e. The van der Waals surface area contributed by atoms with E-state index in [1.165, 1.54) is 12.1 Å². The Kier molecular flexibility index (Phi) is 5.27. The third kappa shape index (κ3) is 4.01. The molecule has 1 aliphatic carbocycles. The average molecular weight is 291 g/mol. The van der Waals surface area contributed by atoms with Crippen molar-refractivity contribution < 1.29 is 9.72 Å². The molecule has 2 unspecified atom stereocenters. The second-order valence-electron chi connectivity index (χ2n) is 5.53. The molecule has 0 radical (unpaired) electrons. The molecule has 0 heterocycles. The minimum atomic E-state index is -0.434. The molecule has 1 aromatic rings. The molecule has 1 aliphatic rings. The SMILES string of the molecule is NCC1CCCCC1C(=O)NCc1ccc([N+](=O)[O-])cc1. The Hall–Kier alpha value is -1.95. The third-order valence-electron chi connectivity index (χ3n) is 4.16. The molecule has 1 fully saturated rings. The van der Waals surface area contributed by atoms with Crippen LogP contribution in [0.4, 0.5) is 5.69 Å². The molecule has 0 bridgehead atoms. The van der Waals surface area contributed by atoms with Gasteiger partial charge in [-0.1, -0.05) is 25.0 Å². The van der Waals surface area contributed by atoms with Crippen LogP contribution in [0.2, 0.25) is 0 Å². The molecule has 0 saturated heterocycles. The zero-order valence-electron chi connectivity index (χ0n) is 12.0. The summed E-state index contributed by atoms with van der Waals surface area (Å²) in [6, 6.07) is 6.23. The van der Waals surface area contributed by atoms with Gasteiger partial charge in [0.05, 0.1) is 4.92 Å². The van der Waals surface area contributed by atoms with Gasteiger partial charge < -0.3 is 11.1 Å². The predicted molar refractivity (Wildman–Crippen MR) is 79.4 cm³/mol. The number of non-ortho nitro benzene ring substituents is 1. The lowest BCUT2D eigenvalue weighted by Crippen LogP contribution is -2.39. The summed E-state index contributed by atoms with van der Waals surface area (Å²) in [5, 5.41) is 13.5. The van der Waals surface area contributed by atoms with Crippen LogP contribution in [0.1, 0.15) is 31.2 Å². The van der Waals surface area contributed by atoms with Crippen molar-refractivity contribution in [2.45, 2.75) is 32.2 Å². The van der Waals surface area contributed by atoms with E-state index in [2.05, 4.69) is 5.32 Å². The Labute approximate surface area is 123 Å². The van der Waals surface area contributed by atoms with Crippen molar-refractivity contribution in [3.05, 3.63) is 39.9 Å². The highest BCUT2D eigenvalue weighted by Crippen LogP contribution is 2.29.